The number of ether oxygens (including phenoxy) is 2. The molecular formula is C35H49N3O7. The monoisotopic (exact) mass is 623 g/mol. The lowest BCUT2D eigenvalue weighted by atomic mass is 9.70. The molecule has 0 saturated carbocycles. The predicted octanol–water partition coefficient (Wildman–Crippen LogP) is 3.70. The summed E-state index contributed by atoms with van der Waals surface area (Å²) in [5, 5.41) is 13.1. The molecule has 8 atom stereocenters. The molecule has 0 aromatic heterocycles. The van der Waals surface area contributed by atoms with Gasteiger partial charge in [-0.25, -0.2) is 0 Å². The molecule has 246 valence electrons. The minimum atomic E-state index is -1.21. The van der Waals surface area contributed by atoms with Crippen molar-refractivity contribution in [1.29, 1.82) is 0 Å². The quantitative estimate of drug-likeness (QED) is 0.154. The van der Waals surface area contributed by atoms with Gasteiger partial charge in [0.1, 0.15) is 17.7 Å². The third-order valence-electron chi connectivity index (χ3n) is 9.47. The standard InChI is InChI=1S/C35H49N3O7/c1-6-9-14-21-37(20-8-3)33(42)31-35-19-18-26(45-35)28(29(35)32(41)38(31)23(4)22-39)34(43)44-30(25-15-12-11-13-16-25)24(5)36-27(40)17-10-7-2/h7-8,11-13,15-16,23-24,26,28-31,39H,2-3,6,9-10,14,17-22H2,1,4-5H3,(H,36,40)/t23-,24+,26-,28+,29+,30+,31-,35+/m1/s1. The number of hydrogen-bond donors (Lipinski definition) is 2. The number of nitrogens with one attached hydrogen (secondary N) is 1. The Morgan fingerprint density at radius 1 is 1.20 bits per heavy atom. The molecule has 3 aliphatic rings. The Bertz CT molecular complexity index is 1240. The van der Waals surface area contributed by atoms with Gasteiger partial charge in [0.2, 0.25) is 17.7 Å². The van der Waals surface area contributed by atoms with Crippen LogP contribution in [0.3, 0.4) is 0 Å². The minimum Gasteiger partial charge on any atom is -0.455 e. The number of esters is 1. The summed E-state index contributed by atoms with van der Waals surface area (Å²) in [6, 6.07) is 6.98. The average Bonchev–Trinajstić information content (AvgIpc) is 3.69. The smallest absolute Gasteiger partial charge is 0.313 e. The molecule has 3 heterocycles. The van der Waals surface area contributed by atoms with E-state index in [0.717, 1.165) is 19.3 Å². The van der Waals surface area contributed by atoms with E-state index in [0.29, 0.717) is 37.9 Å². The van der Waals surface area contributed by atoms with Gasteiger partial charge in [0, 0.05) is 19.5 Å². The van der Waals surface area contributed by atoms with E-state index >= 15 is 0 Å². The number of benzene rings is 1. The third-order valence-corrected chi connectivity index (χ3v) is 9.47. The van der Waals surface area contributed by atoms with Crippen molar-refractivity contribution >= 4 is 23.7 Å². The van der Waals surface area contributed by atoms with Crippen LogP contribution in [0.2, 0.25) is 0 Å². The SMILES string of the molecule is C=CCCC(=O)N[C@@H](C)[C@H](OC(=O)[C@@H]1[C@H]2C(=O)N([C@H](C)CO)[C@H](C(=O)N(CC=C)CCCCC)[C@]23CC[C@H]1O3)c1ccccc1. The van der Waals surface area contributed by atoms with Gasteiger partial charge in [-0.15, -0.1) is 13.2 Å². The highest BCUT2D eigenvalue weighted by molar-refractivity contribution is 5.98. The fourth-order valence-electron chi connectivity index (χ4n) is 7.31. The van der Waals surface area contributed by atoms with Crippen LogP contribution in [0.4, 0.5) is 0 Å². The molecule has 2 N–H and O–H groups in total. The molecule has 10 nitrogen and oxygen atoms in total. The lowest BCUT2D eigenvalue weighted by molar-refractivity contribution is -0.162. The topological polar surface area (TPSA) is 125 Å². The largest absolute Gasteiger partial charge is 0.455 e. The number of allylic oxidation sites excluding steroid dienone is 1. The fourth-order valence-corrected chi connectivity index (χ4v) is 7.31. The molecule has 3 saturated heterocycles. The Hall–Kier alpha value is -3.50. The van der Waals surface area contributed by atoms with Crippen LogP contribution in [-0.2, 0) is 28.7 Å². The molecule has 1 spiro atoms. The molecule has 0 aliphatic carbocycles. The van der Waals surface area contributed by atoms with Gasteiger partial charge in [-0.1, -0.05) is 62.2 Å². The molecule has 4 rings (SSSR count). The number of aliphatic hydroxyl groups excluding tert-OH is 1. The number of nitrogens with zero attached hydrogens (tertiary/aromatic N) is 2. The van der Waals surface area contributed by atoms with Gasteiger partial charge >= 0.3 is 5.97 Å². The minimum absolute atomic E-state index is 0.189. The highest BCUT2D eigenvalue weighted by Crippen LogP contribution is 2.59. The van der Waals surface area contributed by atoms with Crippen LogP contribution in [0.25, 0.3) is 0 Å². The van der Waals surface area contributed by atoms with Crippen molar-refractivity contribution in [3.05, 3.63) is 61.2 Å². The van der Waals surface area contributed by atoms with Crippen LogP contribution < -0.4 is 5.32 Å². The lowest BCUT2D eigenvalue weighted by Crippen LogP contribution is -2.58. The Kier molecular flexibility index (Phi) is 11.6. The second-order valence-corrected chi connectivity index (χ2v) is 12.6. The number of hydrogen-bond acceptors (Lipinski definition) is 7. The molecule has 3 fully saturated rings. The van der Waals surface area contributed by atoms with Gasteiger partial charge < -0.3 is 29.7 Å². The van der Waals surface area contributed by atoms with Crippen LogP contribution in [-0.4, -0.2) is 88.1 Å². The molecular weight excluding hydrogens is 574 g/mol. The van der Waals surface area contributed by atoms with Crippen molar-refractivity contribution < 1.29 is 33.8 Å². The van der Waals surface area contributed by atoms with Gasteiger partial charge in [0.05, 0.1) is 36.6 Å². The van der Waals surface area contributed by atoms with Crippen LogP contribution in [0.15, 0.2) is 55.6 Å². The van der Waals surface area contributed by atoms with Crippen molar-refractivity contribution in [3.63, 3.8) is 0 Å². The molecule has 2 bridgehead atoms. The average molecular weight is 624 g/mol. The zero-order valence-corrected chi connectivity index (χ0v) is 26.9. The number of likely N-dealkylation sites (tertiary alicyclic amines) is 1. The molecule has 1 aromatic carbocycles. The zero-order valence-electron chi connectivity index (χ0n) is 26.9. The van der Waals surface area contributed by atoms with Crippen molar-refractivity contribution in [2.75, 3.05) is 19.7 Å². The molecule has 3 aliphatic heterocycles. The van der Waals surface area contributed by atoms with E-state index in [9.17, 15) is 24.3 Å². The number of fused-ring (bicyclic) bond motifs is 1. The molecule has 45 heavy (non-hydrogen) atoms. The summed E-state index contributed by atoms with van der Waals surface area (Å²) in [5.74, 6) is -3.28. The predicted molar refractivity (Wildman–Crippen MR) is 170 cm³/mol. The van der Waals surface area contributed by atoms with Gasteiger partial charge in [-0.3, -0.25) is 19.2 Å². The van der Waals surface area contributed by atoms with Crippen molar-refractivity contribution in [1.82, 2.24) is 15.1 Å². The second kappa shape index (κ2) is 15.2. The number of carbonyl (C=O) groups excluding carboxylic acids is 4. The summed E-state index contributed by atoms with van der Waals surface area (Å²) in [4.78, 5) is 58.4. The Morgan fingerprint density at radius 3 is 2.58 bits per heavy atom. The molecule has 0 unspecified atom stereocenters. The molecule has 0 radical (unpaired) electrons. The van der Waals surface area contributed by atoms with E-state index in [2.05, 4.69) is 25.4 Å². The second-order valence-electron chi connectivity index (χ2n) is 12.6. The summed E-state index contributed by atoms with van der Waals surface area (Å²) in [6.07, 6.45) is 6.42. The first-order valence-electron chi connectivity index (χ1n) is 16.3. The van der Waals surface area contributed by atoms with Gasteiger partial charge in [-0.2, -0.15) is 0 Å². The van der Waals surface area contributed by atoms with Crippen LogP contribution >= 0.6 is 0 Å². The summed E-state index contributed by atoms with van der Waals surface area (Å²) >= 11 is 0. The third kappa shape index (κ3) is 6.87. The first kappa shape index (κ1) is 34.4. The normalized spacial score (nSPS) is 26.9. The molecule has 1 aromatic rings. The maximum atomic E-state index is 14.3. The molecule has 3 amide bonds. The van der Waals surface area contributed by atoms with E-state index in [1.54, 1.807) is 30.9 Å². The Balaban J connectivity index is 1.64. The van der Waals surface area contributed by atoms with E-state index < -0.39 is 53.7 Å². The van der Waals surface area contributed by atoms with Crippen LogP contribution in [0, 0.1) is 11.8 Å². The van der Waals surface area contributed by atoms with Crippen molar-refractivity contribution in [3.8, 4) is 0 Å². The highest BCUT2D eigenvalue weighted by atomic mass is 16.6. The van der Waals surface area contributed by atoms with Crippen LogP contribution in [0.5, 0.6) is 0 Å². The fraction of sp³-hybridized carbons (Fsp3) is 0.600. The lowest BCUT2D eigenvalue weighted by Gasteiger charge is -2.38. The number of unbranched alkanes of at least 4 members (excludes halogenated alkanes) is 2. The van der Waals surface area contributed by atoms with E-state index in [4.69, 9.17) is 9.47 Å². The van der Waals surface area contributed by atoms with Crippen molar-refractivity contribution in [2.45, 2.75) is 102 Å². The summed E-state index contributed by atoms with van der Waals surface area (Å²) < 4.78 is 12.7. The first-order valence-corrected chi connectivity index (χ1v) is 16.3. The van der Waals surface area contributed by atoms with E-state index in [1.165, 1.54) is 4.90 Å². The van der Waals surface area contributed by atoms with Gasteiger partial charge in [-0.05, 0) is 45.1 Å². The summed E-state index contributed by atoms with van der Waals surface area (Å²) in [6.45, 7) is 13.6. The van der Waals surface area contributed by atoms with E-state index in [-0.39, 0.29) is 30.7 Å². The maximum Gasteiger partial charge on any atom is 0.313 e. The Labute approximate surface area is 266 Å². The summed E-state index contributed by atoms with van der Waals surface area (Å²) in [7, 11) is 0. The van der Waals surface area contributed by atoms with Gasteiger partial charge in [0.15, 0.2) is 0 Å². The number of rotatable bonds is 17. The Morgan fingerprint density at radius 2 is 1.93 bits per heavy atom. The van der Waals surface area contributed by atoms with Crippen LogP contribution in [0.1, 0.15) is 77.4 Å². The number of carbonyl (C=O) groups is 4. The first-order chi connectivity index (χ1) is 21.6. The highest BCUT2D eigenvalue weighted by Gasteiger charge is 2.75. The van der Waals surface area contributed by atoms with Crippen molar-refractivity contribution in [2.24, 2.45) is 11.8 Å². The number of amides is 3. The van der Waals surface area contributed by atoms with E-state index in [1.807, 2.05) is 30.3 Å². The zero-order chi connectivity index (χ0) is 32.7. The molecule has 10 heteroatoms. The number of aliphatic hydroxyl groups is 1. The summed E-state index contributed by atoms with van der Waals surface area (Å²) in [5.41, 5.74) is -0.502. The maximum absolute atomic E-state index is 14.3. The van der Waals surface area contributed by atoms with Gasteiger partial charge in [0.25, 0.3) is 0 Å².